The summed E-state index contributed by atoms with van der Waals surface area (Å²) < 4.78 is 30.7. The molecule has 10 heteroatoms. The first-order valence-corrected chi connectivity index (χ1v) is 12.0. The summed E-state index contributed by atoms with van der Waals surface area (Å²) in [7, 11) is -2.46. The van der Waals surface area contributed by atoms with E-state index in [0.717, 1.165) is 40.3 Å². The Morgan fingerprint density at radius 2 is 1.90 bits per heavy atom. The first-order valence-electron chi connectivity index (χ1n) is 8.92. The van der Waals surface area contributed by atoms with Crippen molar-refractivity contribution in [1.82, 2.24) is 0 Å². The average molecular weight is 457 g/mol. The van der Waals surface area contributed by atoms with Gasteiger partial charge in [0.15, 0.2) is 0 Å². The number of rotatable bonds is 6. The first kappa shape index (κ1) is 21.6. The number of aryl methyl sites for hydroxylation is 1. The van der Waals surface area contributed by atoms with Crippen LogP contribution in [0.2, 0.25) is 5.02 Å². The third-order valence-corrected chi connectivity index (χ3v) is 7.42. The van der Waals surface area contributed by atoms with Gasteiger partial charge in [0.2, 0.25) is 15.9 Å². The molecule has 1 aromatic heterocycles. The fraction of sp³-hybridized carbons (Fsp3) is 0.368. The molecule has 1 amide bonds. The summed E-state index contributed by atoms with van der Waals surface area (Å²) in [5.41, 5.74) is 1.59. The second-order valence-corrected chi connectivity index (χ2v) is 10.2. The Bertz CT molecular complexity index is 1050. The zero-order valence-corrected chi connectivity index (χ0v) is 18.6. The molecule has 2 aromatic rings. The molecule has 156 valence electrons. The lowest BCUT2D eigenvalue weighted by atomic mass is 10.1. The largest absolute Gasteiger partial charge is 0.465 e. The number of esters is 1. The maximum absolute atomic E-state index is 12.9. The third kappa shape index (κ3) is 4.41. The molecule has 3 rings (SSSR count). The van der Waals surface area contributed by atoms with Crippen molar-refractivity contribution in [2.75, 3.05) is 23.0 Å². The molecular weight excluding hydrogens is 436 g/mol. The number of methoxy groups -OCH3 is 1. The van der Waals surface area contributed by atoms with Gasteiger partial charge in [-0.3, -0.25) is 9.10 Å². The number of hydrogen-bond acceptors (Lipinski definition) is 6. The van der Waals surface area contributed by atoms with Gasteiger partial charge < -0.3 is 10.1 Å². The molecule has 1 atom stereocenters. The molecular formula is C19H21ClN2O5S2. The van der Waals surface area contributed by atoms with Crippen LogP contribution in [0.1, 0.15) is 34.1 Å². The van der Waals surface area contributed by atoms with Crippen LogP contribution in [0.5, 0.6) is 0 Å². The van der Waals surface area contributed by atoms with Gasteiger partial charge >= 0.3 is 5.97 Å². The predicted octanol–water partition coefficient (Wildman–Crippen LogP) is 3.47. The maximum atomic E-state index is 12.9. The summed E-state index contributed by atoms with van der Waals surface area (Å²) in [6, 6.07) is 5.13. The summed E-state index contributed by atoms with van der Waals surface area (Å²) in [6.07, 6.45) is 3.58. The summed E-state index contributed by atoms with van der Waals surface area (Å²) in [6.45, 7) is 1.49. The smallest absolute Gasteiger partial charge is 0.341 e. The average Bonchev–Trinajstić information content (AvgIpc) is 3.22. The normalized spacial score (nSPS) is 14.2. The van der Waals surface area contributed by atoms with E-state index in [4.69, 9.17) is 16.3 Å². The molecule has 0 radical (unpaired) electrons. The van der Waals surface area contributed by atoms with Crippen LogP contribution in [0.3, 0.4) is 0 Å². The SMILES string of the molecule is COC(=O)c1c(NC(=O)[C@@H](C)N(c2ccc(Cl)cc2)S(C)(=O)=O)sc2c1CCC2. The van der Waals surface area contributed by atoms with E-state index in [0.29, 0.717) is 21.3 Å². The van der Waals surface area contributed by atoms with E-state index in [2.05, 4.69) is 5.32 Å². The lowest BCUT2D eigenvalue weighted by molar-refractivity contribution is -0.116. The minimum absolute atomic E-state index is 0.321. The van der Waals surface area contributed by atoms with E-state index in [1.165, 1.54) is 37.5 Å². The van der Waals surface area contributed by atoms with E-state index in [9.17, 15) is 18.0 Å². The maximum Gasteiger partial charge on any atom is 0.341 e. The zero-order chi connectivity index (χ0) is 21.3. The molecule has 1 N–H and O–H groups in total. The quantitative estimate of drug-likeness (QED) is 0.672. The Labute approximate surface area is 178 Å². The van der Waals surface area contributed by atoms with Gasteiger partial charge in [0.05, 0.1) is 24.6 Å². The van der Waals surface area contributed by atoms with Crippen molar-refractivity contribution in [3.63, 3.8) is 0 Å². The van der Waals surface area contributed by atoms with Crippen LogP contribution >= 0.6 is 22.9 Å². The topological polar surface area (TPSA) is 92.8 Å². The fourth-order valence-corrected chi connectivity index (χ4v) is 6.00. The Morgan fingerprint density at radius 1 is 1.24 bits per heavy atom. The Balaban J connectivity index is 1.92. The van der Waals surface area contributed by atoms with Crippen molar-refractivity contribution in [2.45, 2.75) is 32.2 Å². The minimum atomic E-state index is -3.75. The lowest BCUT2D eigenvalue weighted by Gasteiger charge is -2.28. The molecule has 0 bridgehead atoms. The van der Waals surface area contributed by atoms with Crippen molar-refractivity contribution >= 4 is 55.5 Å². The van der Waals surface area contributed by atoms with E-state index in [1.807, 2.05) is 0 Å². The fourth-order valence-electron chi connectivity index (χ4n) is 3.42. The van der Waals surface area contributed by atoms with Crippen LogP contribution < -0.4 is 9.62 Å². The number of amides is 1. The standard InChI is InChI=1S/C19H21ClN2O5S2/c1-11(22(29(3,25)26)13-9-7-12(20)8-10-13)17(23)21-18-16(19(24)27-2)14-5-4-6-15(14)28-18/h7-11H,4-6H2,1-3H3,(H,21,23)/t11-/m1/s1. The van der Waals surface area contributed by atoms with Crippen LogP contribution in [0.4, 0.5) is 10.7 Å². The van der Waals surface area contributed by atoms with Gasteiger partial charge in [0.25, 0.3) is 0 Å². The second kappa shape index (κ2) is 8.33. The van der Waals surface area contributed by atoms with Gasteiger partial charge in [-0.25, -0.2) is 13.2 Å². The minimum Gasteiger partial charge on any atom is -0.465 e. The molecule has 1 aliphatic carbocycles. The van der Waals surface area contributed by atoms with Crippen LogP contribution in [-0.2, 0) is 32.4 Å². The molecule has 0 saturated carbocycles. The highest BCUT2D eigenvalue weighted by molar-refractivity contribution is 7.92. The van der Waals surface area contributed by atoms with Gasteiger partial charge in [-0.05, 0) is 56.0 Å². The number of nitrogens with one attached hydrogen (secondary N) is 1. The van der Waals surface area contributed by atoms with Crippen molar-refractivity contribution < 1.29 is 22.7 Å². The van der Waals surface area contributed by atoms with Gasteiger partial charge in [0, 0.05) is 9.90 Å². The van der Waals surface area contributed by atoms with E-state index < -0.39 is 27.9 Å². The number of sulfonamides is 1. The van der Waals surface area contributed by atoms with Crippen LogP contribution in [0.25, 0.3) is 0 Å². The molecule has 29 heavy (non-hydrogen) atoms. The molecule has 0 spiro atoms. The van der Waals surface area contributed by atoms with Crippen molar-refractivity contribution in [1.29, 1.82) is 0 Å². The molecule has 0 saturated heterocycles. The highest BCUT2D eigenvalue weighted by Crippen LogP contribution is 2.39. The van der Waals surface area contributed by atoms with Crippen LogP contribution in [-0.4, -0.2) is 39.7 Å². The molecule has 7 nitrogen and oxygen atoms in total. The van der Waals surface area contributed by atoms with Crippen LogP contribution in [0.15, 0.2) is 24.3 Å². The zero-order valence-electron chi connectivity index (χ0n) is 16.2. The van der Waals surface area contributed by atoms with Gasteiger partial charge in [-0.2, -0.15) is 0 Å². The van der Waals surface area contributed by atoms with Crippen molar-refractivity contribution in [3.8, 4) is 0 Å². The molecule has 0 fully saturated rings. The second-order valence-electron chi connectivity index (χ2n) is 6.75. The third-order valence-electron chi connectivity index (χ3n) is 4.72. The molecule has 1 heterocycles. The Hall–Kier alpha value is -2.10. The lowest BCUT2D eigenvalue weighted by Crippen LogP contribution is -2.45. The molecule has 1 aromatic carbocycles. The van der Waals surface area contributed by atoms with E-state index >= 15 is 0 Å². The number of nitrogens with zero attached hydrogens (tertiary/aromatic N) is 1. The molecule has 0 unspecified atom stereocenters. The number of thiophene rings is 1. The predicted molar refractivity (Wildman–Crippen MR) is 115 cm³/mol. The first-order chi connectivity index (χ1) is 13.6. The molecule has 1 aliphatic rings. The van der Waals surface area contributed by atoms with Crippen molar-refractivity contribution in [3.05, 3.63) is 45.3 Å². The monoisotopic (exact) mass is 456 g/mol. The van der Waals surface area contributed by atoms with Crippen molar-refractivity contribution in [2.24, 2.45) is 0 Å². The highest BCUT2D eigenvalue weighted by atomic mass is 35.5. The van der Waals surface area contributed by atoms with Gasteiger partial charge in [-0.15, -0.1) is 11.3 Å². The highest BCUT2D eigenvalue weighted by Gasteiger charge is 2.32. The van der Waals surface area contributed by atoms with Gasteiger partial charge in [0.1, 0.15) is 11.0 Å². The van der Waals surface area contributed by atoms with E-state index in [-0.39, 0.29) is 0 Å². The van der Waals surface area contributed by atoms with E-state index in [1.54, 1.807) is 12.1 Å². The summed E-state index contributed by atoms with van der Waals surface area (Å²) in [5, 5.41) is 3.58. The number of benzene rings is 1. The van der Waals surface area contributed by atoms with Gasteiger partial charge in [-0.1, -0.05) is 11.6 Å². The number of carbonyl (C=O) groups is 2. The number of carbonyl (C=O) groups excluding carboxylic acids is 2. The number of halogens is 1. The Morgan fingerprint density at radius 3 is 2.48 bits per heavy atom. The Kier molecular flexibility index (Phi) is 6.21. The summed E-state index contributed by atoms with van der Waals surface area (Å²) in [5.74, 6) is -1.06. The number of hydrogen-bond donors (Lipinski definition) is 1. The number of fused-ring (bicyclic) bond motifs is 1. The summed E-state index contributed by atoms with van der Waals surface area (Å²) >= 11 is 7.22. The van der Waals surface area contributed by atoms with Crippen LogP contribution in [0, 0.1) is 0 Å². The number of ether oxygens (including phenoxy) is 1. The molecule has 0 aliphatic heterocycles. The summed E-state index contributed by atoms with van der Waals surface area (Å²) in [4.78, 5) is 26.3. The number of anilines is 2.